The molecule has 0 radical (unpaired) electrons. The molecular weight excluding hydrogens is 440 g/mol. The zero-order valence-electron chi connectivity index (χ0n) is 19.2. The number of anilines is 1. The van der Waals surface area contributed by atoms with Gasteiger partial charge in [0.2, 0.25) is 0 Å². The molecular formula is C24H28N4O4S. The van der Waals surface area contributed by atoms with Crippen molar-refractivity contribution in [3.63, 3.8) is 0 Å². The lowest BCUT2D eigenvalue weighted by molar-refractivity contribution is -0.384. The van der Waals surface area contributed by atoms with Crippen LogP contribution in [0.4, 0.5) is 11.5 Å². The standard InChI is InChI=1S/C24H28N4O4S/c1-13(2)9-10-33-23-26-21-20(22(30)27-23)18(14-5-7-15(8-6-14)28(31)32)19-16(25-21)11-24(3,4)12-17(19)29/h5-8,13,18H,9-12H2,1-4H3,(H2,25,26,27,30)/t18-/m0/s1. The van der Waals surface area contributed by atoms with E-state index < -0.39 is 10.8 Å². The second-order valence-electron chi connectivity index (χ2n) is 9.90. The maximum absolute atomic E-state index is 13.3. The number of benzene rings is 1. The number of ketones is 1. The van der Waals surface area contributed by atoms with E-state index in [0.717, 1.165) is 17.9 Å². The number of aromatic nitrogens is 2. The molecule has 0 spiro atoms. The molecule has 1 atom stereocenters. The van der Waals surface area contributed by atoms with Crippen molar-refractivity contribution in [3.8, 4) is 0 Å². The molecule has 8 nitrogen and oxygen atoms in total. The first-order valence-electron chi connectivity index (χ1n) is 11.1. The Kier molecular flexibility index (Phi) is 6.18. The number of fused-ring (bicyclic) bond motifs is 1. The fourth-order valence-electron chi connectivity index (χ4n) is 4.47. The Bertz CT molecular complexity index is 1200. The van der Waals surface area contributed by atoms with E-state index >= 15 is 0 Å². The van der Waals surface area contributed by atoms with Crippen LogP contribution < -0.4 is 10.9 Å². The van der Waals surface area contributed by atoms with E-state index in [4.69, 9.17) is 4.98 Å². The second kappa shape index (κ2) is 8.78. The largest absolute Gasteiger partial charge is 0.343 e. The van der Waals surface area contributed by atoms with Gasteiger partial charge < -0.3 is 10.3 Å². The molecule has 0 amide bonds. The molecule has 1 aliphatic carbocycles. The molecule has 2 N–H and O–H groups in total. The topological polar surface area (TPSA) is 118 Å². The van der Waals surface area contributed by atoms with E-state index in [0.29, 0.717) is 46.4 Å². The summed E-state index contributed by atoms with van der Waals surface area (Å²) in [6.45, 7) is 8.39. The lowest BCUT2D eigenvalue weighted by Crippen LogP contribution is -2.37. The molecule has 0 unspecified atom stereocenters. The Morgan fingerprint density at radius 2 is 1.91 bits per heavy atom. The second-order valence-corrected chi connectivity index (χ2v) is 11.0. The van der Waals surface area contributed by atoms with Gasteiger partial charge in [-0.1, -0.05) is 51.6 Å². The van der Waals surface area contributed by atoms with Crippen molar-refractivity contribution in [2.75, 3.05) is 11.1 Å². The fraction of sp³-hybridized carbons (Fsp3) is 0.458. The van der Waals surface area contributed by atoms with E-state index in [9.17, 15) is 19.7 Å². The van der Waals surface area contributed by atoms with Crippen molar-refractivity contribution >= 4 is 29.1 Å². The number of carbonyl (C=O) groups is 1. The summed E-state index contributed by atoms with van der Waals surface area (Å²) in [7, 11) is 0. The third-order valence-electron chi connectivity index (χ3n) is 6.07. The molecule has 2 heterocycles. The number of hydrogen-bond donors (Lipinski definition) is 2. The quantitative estimate of drug-likeness (QED) is 0.264. The van der Waals surface area contributed by atoms with Gasteiger partial charge >= 0.3 is 0 Å². The minimum Gasteiger partial charge on any atom is -0.343 e. The Morgan fingerprint density at radius 1 is 1.21 bits per heavy atom. The molecule has 1 aromatic carbocycles. The number of carbonyl (C=O) groups excluding carboxylic acids is 1. The summed E-state index contributed by atoms with van der Waals surface area (Å²) >= 11 is 1.50. The molecule has 1 aliphatic heterocycles. The molecule has 2 aromatic rings. The first-order valence-corrected chi connectivity index (χ1v) is 12.1. The molecule has 0 saturated heterocycles. The number of allylic oxidation sites excluding steroid dienone is 2. The maximum Gasteiger partial charge on any atom is 0.269 e. The first-order chi connectivity index (χ1) is 15.6. The van der Waals surface area contributed by atoms with E-state index in [2.05, 4.69) is 24.1 Å². The monoisotopic (exact) mass is 468 g/mol. The van der Waals surface area contributed by atoms with Gasteiger partial charge in [-0.2, -0.15) is 0 Å². The molecule has 9 heteroatoms. The van der Waals surface area contributed by atoms with Crippen molar-refractivity contribution in [3.05, 3.63) is 67.1 Å². The van der Waals surface area contributed by atoms with Crippen molar-refractivity contribution in [2.24, 2.45) is 11.3 Å². The van der Waals surface area contributed by atoms with Gasteiger partial charge in [-0.3, -0.25) is 19.7 Å². The SMILES string of the molecule is CC(C)CCSc1nc2c(c(=O)[nH]1)[C@@H](c1ccc([N+](=O)[O-])cc1)C1=C(CC(C)(C)CC1=O)N2. The summed E-state index contributed by atoms with van der Waals surface area (Å²) in [5.74, 6) is 1.21. The Balaban J connectivity index is 1.82. The minimum atomic E-state index is -0.619. The number of H-pyrrole nitrogens is 1. The molecule has 174 valence electrons. The lowest BCUT2D eigenvalue weighted by atomic mass is 9.69. The van der Waals surface area contributed by atoms with Gasteiger partial charge in [-0.25, -0.2) is 4.98 Å². The average Bonchev–Trinajstić information content (AvgIpc) is 2.71. The summed E-state index contributed by atoms with van der Waals surface area (Å²) in [6.07, 6.45) is 2.03. The van der Waals surface area contributed by atoms with Gasteiger partial charge in [0.05, 0.1) is 10.5 Å². The number of aromatic amines is 1. The van der Waals surface area contributed by atoms with Gasteiger partial charge in [0.1, 0.15) is 5.82 Å². The fourth-order valence-corrected chi connectivity index (χ4v) is 5.58. The molecule has 1 aromatic heterocycles. The summed E-state index contributed by atoms with van der Waals surface area (Å²) < 4.78 is 0. The normalized spacial score (nSPS) is 19.2. The van der Waals surface area contributed by atoms with E-state index in [-0.39, 0.29) is 22.4 Å². The number of hydrogen-bond acceptors (Lipinski definition) is 7. The molecule has 0 saturated carbocycles. The van der Waals surface area contributed by atoms with Crippen molar-refractivity contribution in [2.45, 2.75) is 58.0 Å². The Labute approximate surface area is 196 Å². The van der Waals surface area contributed by atoms with Crippen LogP contribution in [-0.4, -0.2) is 26.4 Å². The third-order valence-corrected chi connectivity index (χ3v) is 6.98. The highest BCUT2D eigenvalue weighted by Gasteiger charge is 2.42. The number of nitrogens with zero attached hydrogens (tertiary/aromatic N) is 2. The Morgan fingerprint density at radius 3 is 2.55 bits per heavy atom. The van der Waals surface area contributed by atoms with Crippen LogP contribution in [0.5, 0.6) is 0 Å². The third kappa shape index (κ3) is 4.73. The van der Waals surface area contributed by atoms with Crippen LogP contribution >= 0.6 is 11.8 Å². The molecule has 2 aliphatic rings. The van der Waals surface area contributed by atoms with Crippen molar-refractivity contribution < 1.29 is 9.72 Å². The maximum atomic E-state index is 13.3. The molecule has 0 bridgehead atoms. The zero-order valence-corrected chi connectivity index (χ0v) is 20.0. The first kappa shape index (κ1) is 23.2. The van der Waals surface area contributed by atoms with Crippen LogP contribution in [0.25, 0.3) is 0 Å². The van der Waals surface area contributed by atoms with Crippen LogP contribution in [0.2, 0.25) is 0 Å². The zero-order chi connectivity index (χ0) is 23.9. The summed E-state index contributed by atoms with van der Waals surface area (Å²) in [6, 6.07) is 6.07. The highest BCUT2D eigenvalue weighted by Crippen LogP contribution is 2.47. The molecule has 4 rings (SSSR count). The number of nitro benzene ring substituents is 1. The number of Topliss-reactive ketones (excluding diaryl/α,β-unsaturated/α-hetero) is 1. The molecule has 0 fully saturated rings. The number of nitrogens with one attached hydrogen (secondary N) is 2. The highest BCUT2D eigenvalue weighted by atomic mass is 32.2. The number of non-ortho nitro benzene ring substituents is 1. The smallest absolute Gasteiger partial charge is 0.269 e. The van der Waals surface area contributed by atoms with Crippen LogP contribution in [-0.2, 0) is 4.79 Å². The lowest BCUT2D eigenvalue weighted by Gasteiger charge is -2.38. The van der Waals surface area contributed by atoms with Gasteiger partial charge in [0, 0.05) is 41.5 Å². The van der Waals surface area contributed by atoms with Crippen LogP contribution in [0, 0.1) is 21.4 Å². The number of nitro groups is 1. The predicted molar refractivity (Wildman–Crippen MR) is 129 cm³/mol. The van der Waals surface area contributed by atoms with Gasteiger partial charge in [-0.15, -0.1) is 0 Å². The average molecular weight is 469 g/mol. The number of thioether (sulfide) groups is 1. The number of rotatable bonds is 6. The highest BCUT2D eigenvalue weighted by molar-refractivity contribution is 7.99. The summed E-state index contributed by atoms with van der Waals surface area (Å²) in [5.41, 5.74) is 1.83. The van der Waals surface area contributed by atoms with Crippen LogP contribution in [0.3, 0.4) is 0 Å². The summed E-state index contributed by atoms with van der Waals surface area (Å²) in [4.78, 5) is 44.7. The van der Waals surface area contributed by atoms with E-state index in [1.54, 1.807) is 12.1 Å². The van der Waals surface area contributed by atoms with E-state index in [1.807, 2.05) is 13.8 Å². The van der Waals surface area contributed by atoms with Gasteiger partial charge in [0.25, 0.3) is 11.2 Å². The summed E-state index contributed by atoms with van der Waals surface area (Å²) in [5, 5.41) is 15.0. The van der Waals surface area contributed by atoms with Gasteiger partial charge in [-0.05, 0) is 29.7 Å². The van der Waals surface area contributed by atoms with Crippen LogP contribution in [0.1, 0.15) is 64.0 Å². The van der Waals surface area contributed by atoms with Crippen LogP contribution in [0.15, 0.2) is 45.5 Å². The predicted octanol–water partition coefficient (Wildman–Crippen LogP) is 5.02. The Hall–Kier alpha value is -2.94. The van der Waals surface area contributed by atoms with Gasteiger partial charge in [0.15, 0.2) is 10.9 Å². The van der Waals surface area contributed by atoms with Crippen molar-refractivity contribution in [1.82, 2.24) is 9.97 Å². The van der Waals surface area contributed by atoms with E-state index in [1.165, 1.54) is 23.9 Å². The van der Waals surface area contributed by atoms with Crippen molar-refractivity contribution in [1.29, 1.82) is 0 Å². The minimum absolute atomic E-state index is 0.0162. The molecule has 33 heavy (non-hydrogen) atoms.